The van der Waals surface area contributed by atoms with Crippen molar-refractivity contribution in [2.24, 2.45) is 0 Å². The van der Waals surface area contributed by atoms with Gasteiger partial charge in [0.2, 0.25) is 5.91 Å². The molecule has 4 rings (SSSR count). The second kappa shape index (κ2) is 9.10. The van der Waals surface area contributed by atoms with Gasteiger partial charge in [-0.05, 0) is 67.0 Å². The normalized spacial score (nSPS) is 19.4. The van der Waals surface area contributed by atoms with Crippen molar-refractivity contribution in [3.8, 4) is 11.1 Å². The Hall–Kier alpha value is -2.17. The lowest BCUT2D eigenvalue weighted by molar-refractivity contribution is -0.136. The van der Waals surface area contributed by atoms with Crippen LogP contribution < -0.4 is 0 Å². The zero-order chi connectivity index (χ0) is 20.2. The Labute approximate surface area is 174 Å². The van der Waals surface area contributed by atoms with Crippen LogP contribution in [-0.4, -0.2) is 55.1 Å². The lowest BCUT2D eigenvalue weighted by Crippen LogP contribution is -2.38. The molecule has 0 saturated carbocycles. The monoisotopic (exact) mass is 392 g/mol. The zero-order valence-corrected chi connectivity index (χ0v) is 17.7. The van der Waals surface area contributed by atoms with Crippen molar-refractivity contribution >= 4 is 5.91 Å². The van der Waals surface area contributed by atoms with Gasteiger partial charge in [0.25, 0.3) is 0 Å². The second-order valence-electron chi connectivity index (χ2n) is 8.46. The van der Waals surface area contributed by atoms with Gasteiger partial charge in [0.1, 0.15) is 6.61 Å². The molecule has 4 heteroatoms. The first-order valence-corrected chi connectivity index (χ1v) is 10.9. The van der Waals surface area contributed by atoms with Crippen LogP contribution in [0.2, 0.25) is 0 Å². The number of rotatable bonds is 6. The Morgan fingerprint density at radius 2 is 1.86 bits per heavy atom. The van der Waals surface area contributed by atoms with Gasteiger partial charge < -0.3 is 14.5 Å². The average molecular weight is 393 g/mol. The summed E-state index contributed by atoms with van der Waals surface area (Å²) in [5.74, 6) is 0.0705. The number of nitrogens with zero attached hydrogens (tertiary/aromatic N) is 2. The molecule has 154 valence electrons. The van der Waals surface area contributed by atoms with Crippen LogP contribution >= 0.6 is 0 Å². The molecule has 2 aromatic rings. The van der Waals surface area contributed by atoms with E-state index in [0.717, 1.165) is 32.0 Å². The molecular formula is C25H32N2O2. The first-order valence-electron chi connectivity index (χ1n) is 10.9. The van der Waals surface area contributed by atoms with E-state index in [1.54, 1.807) is 7.11 Å². The molecule has 1 atom stereocenters. The van der Waals surface area contributed by atoms with E-state index in [9.17, 15) is 4.79 Å². The molecule has 0 aliphatic carbocycles. The van der Waals surface area contributed by atoms with Crippen LogP contribution in [0.15, 0.2) is 42.5 Å². The van der Waals surface area contributed by atoms with Crippen molar-refractivity contribution in [1.29, 1.82) is 0 Å². The van der Waals surface area contributed by atoms with Crippen molar-refractivity contribution < 1.29 is 9.53 Å². The molecule has 4 nitrogen and oxygen atoms in total. The zero-order valence-electron chi connectivity index (χ0n) is 17.7. The fraction of sp³-hybridized carbons (Fsp3) is 0.480. The summed E-state index contributed by atoms with van der Waals surface area (Å²) >= 11 is 0. The van der Waals surface area contributed by atoms with E-state index >= 15 is 0 Å². The van der Waals surface area contributed by atoms with Crippen molar-refractivity contribution in [1.82, 2.24) is 9.80 Å². The number of amides is 1. The van der Waals surface area contributed by atoms with Crippen LogP contribution in [0.5, 0.6) is 0 Å². The van der Waals surface area contributed by atoms with Crippen LogP contribution in [0.3, 0.4) is 0 Å². The minimum atomic E-state index is 0.0705. The molecule has 0 bridgehead atoms. The smallest absolute Gasteiger partial charge is 0.248 e. The van der Waals surface area contributed by atoms with Gasteiger partial charge in [0.05, 0.1) is 0 Å². The number of hydrogen-bond donors (Lipinski definition) is 0. The van der Waals surface area contributed by atoms with Gasteiger partial charge in [-0.3, -0.25) is 4.79 Å². The third-order valence-corrected chi connectivity index (χ3v) is 6.50. The van der Waals surface area contributed by atoms with E-state index in [1.165, 1.54) is 47.2 Å². The van der Waals surface area contributed by atoms with Gasteiger partial charge in [-0.1, -0.05) is 42.5 Å². The number of methoxy groups -OCH3 is 1. The maximum atomic E-state index is 12.1. The number of benzene rings is 2. The molecule has 0 radical (unpaired) electrons. The standard InChI is InChI=1S/C25H32N2O2/c1-19-4-3-13-26(19)14-11-20-5-7-21(8-6-20)22-9-10-24-17-27(25(28)18-29-2)15-12-23(24)16-22/h5-10,16,19H,3-4,11-15,17-18H2,1-2H3. The molecule has 2 heterocycles. The number of likely N-dealkylation sites (tertiary alicyclic amines) is 1. The fourth-order valence-corrected chi connectivity index (χ4v) is 4.62. The van der Waals surface area contributed by atoms with Gasteiger partial charge in [0.15, 0.2) is 0 Å². The number of carbonyl (C=O) groups excluding carboxylic acids is 1. The predicted octanol–water partition coefficient (Wildman–Crippen LogP) is 3.91. The number of hydrogen-bond acceptors (Lipinski definition) is 3. The molecule has 0 spiro atoms. The van der Waals surface area contributed by atoms with Gasteiger partial charge in [-0.25, -0.2) is 0 Å². The summed E-state index contributed by atoms with van der Waals surface area (Å²) in [5, 5.41) is 0. The number of fused-ring (bicyclic) bond motifs is 1. The minimum absolute atomic E-state index is 0.0705. The molecule has 29 heavy (non-hydrogen) atoms. The Kier molecular flexibility index (Phi) is 6.31. The first kappa shape index (κ1) is 20.1. The van der Waals surface area contributed by atoms with Crippen molar-refractivity contribution in [2.75, 3.05) is 33.4 Å². The topological polar surface area (TPSA) is 32.8 Å². The Morgan fingerprint density at radius 3 is 2.59 bits per heavy atom. The maximum Gasteiger partial charge on any atom is 0.248 e. The van der Waals surface area contributed by atoms with Crippen LogP contribution in [0.25, 0.3) is 11.1 Å². The highest BCUT2D eigenvalue weighted by Crippen LogP contribution is 2.27. The number of carbonyl (C=O) groups is 1. The van der Waals surface area contributed by atoms with E-state index in [-0.39, 0.29) is 12.5 Å². The lowest BCUT2D eigenvalue weighted by atomic mass is 9.94. The molecule has 1 fully saturated rings. The minimum Gasteiger partial charge on any atom is -0.375 e. The third kappa shape index (κ3) is 4.71. The maximum absolute atomic E-state index is 12.1. The van der Waals surface area contributed by atoms with Crippen LogP contribution in [-0.2, 0) is 28.9 Å². The third-order valence-electron chi connectivity index (χ3n) is 6.50. The summed E-state index contributed by atoms with van der Waals surface area (Å²) in [4.78, 5) is 16.6. The van der Waals surface area contributed by atoms with E-state index < -0.39 is 0 Å². The Morgan fingerprint density at radius 1 is 1.07 bits per heavy atom. The van der Waals surface area contributed by atoms with E-state index in [0.29, 0.717) is 6.54 Å². The molecule has 2 aliphatic heterocycles. The summed E-state index contributed by atoms with van der Waals surface area (Å²) in [6.45, 7) is 6.38. The first-order chi connectivity index (χ1) is 14.1. The van der Waals surface area contributed by atoms with Crippen molar-refractivity contribution in [3.05, 3.63) is 59.2 Å². The average Bonchev–Trinajstić information content (AvgIpc) is 3.17. The number of ether oxygens (including phenoxy) is 1. The SMILES string of the molecule is COCC(=O)N1CCc2cc(-c3ccc(CCN4CCCC4C)cc3)ccc2C1. The molecule has 1 unspecified atom stereocenters. The molecule has 1 saturated heterocycles. The fourth-order valence-electron chi connectivity index (χ4n) is 4.62. The van der Waals surface area contributed by atoms with Crippen LogP contribution in [0, 0.1) is 0 Å². The highest BCUT2D eigenvalue weighted by atomic mass is 16.5. The van der Waals surface area contributed by atoms with Crippen LogP contribution in [0.1, 0.15) is 36.5 Å². The van der Waals surface area contributed by atoms with E-state index in [4.69, 9.17) is 4.74 Å². The predicted molar refractivity (Wildman–Crippen MR) is 117 cm³/mol. The van der Waals surface area contributed by atoms with Gasteiger partial charge >= 0.3 is 0 Å². The molecule has 0 N–H and O–H groups in total. The lowest BCUT2D eigenvalue weighted by Gasteiger charge is -2.29. The summed E-state index contributed by atoms with van der Waals surface area (Å²) in [7, 11) is 1.57. The second-order valence-corrected chi connectivity index (χ2v) is 8.46. The summed E-state index contributed by atoms with van der Waals surface area (Å²) < 4.78 is 4.99. The molecule has 2 aromatic carbocycles. The highest BCUT2D eigenvalue weighted by molar-refractivity contribution is 5.78. The van der Waals surface area contributed by atoms with Crippen LogP contribution in [0.4, 0.5) is 0 Å². The molecule has 0 aromatic heterocycles. The summed E-state index contributed by atoms with van der Waals surface area (Å²) in [6.07, 6.45) is 4.72. The Balaban J connectivity index is 1.40. The van der Waals surface area contributed by atoms with Gasteiger partial charge in [0, 0.05) is 32.8 Å². The molecule has 2 aliphatic rings. The summed E-state index contributed by atoms with van der Waals surface area (Å²) in [6, 6.07) is 16.5. The quantitative estimate of drug-likeness (QED) is 0.747. The largest absolute Gasteiger partial charge is 0.375 e. The van der Waals surface area contributed by atoms with Gasteiger partial charge in [-0.15, -0.1) is 0 Å². The summed E-state index contributed by atoms with van der Waals surface area (Å²) in [5.41, 5.74) is 6.55. The molecule has 1 amide bonds. The molecular weight excluding hydrogens is 360 g/mol. The van der Waals surface area contributed by atoms with Crippen molar-refractivity contribution in [2.45, 2.75) is 45.2 Å². The highest BCUT2D eigenvalue weighted by Gasteiger charge is 2.21. The van der Waals surface area contributed by atoms with E-state index in [2.05, 4.69) is 54.3 Å². The Bertz CT molecular complexity index is 846. The van der Waals surface area contributed by atoms with Crippen molar-refractivity contribution in [3.63, 3.8) is 0 Å². The van der Waals surface area contributed by atoms with E-state index in [1.807, 2.05) is 4.90 Å². The van der Waals surface area contributed by atoms with Gasteiger partial charge in [-0.2, -0.15) is 0 Å².